The normalized spacial score (nSPS) is 23.1. The lowest BCUT2D eigenvalue weighted by atomic mass is 9.76. The Bertz CT molecular complexity index is 442. The molecule has 3 nitrogen and oxygen atoms in total. The summed E-state index contributed by atoms with van der Waals surface area (Å²) in [5.41, 5.74) is 0.868. The molecule has 21 heavy (non-hydrogen) atoms. The largest absolute Gasteiger partial charge is 0.481 e. The Balaban J connectivity index is 1.84. The van der Waals surface area contributed by atoms with Crippen molar-refractivity contribution in [1.29, 1.82) is 0 Å². The molecule has 0 radical (unpaired) electrons. The molecule has 1 unspecified atom stereocenters. The van der Waals surface area contributed by atoms with Gasteiger partial charge in [0.1, 0.15) is 0 Å². The molecule has 0 amide bonds. The van der Waals surface area contributed by atoms with Crippen LogP contribution in [-0.2, 0) is 11.2 Å². The van der Waals surface area contributed by atoms with Crippen LogP contribution in [-0.4, -0.2) is 35.6 Å². The minimum absolute atomic E-state index is 0.500. The zero-order valence-corrected chi connectivity index (χ0v) is 13.1. The maximum absolute atomic E-state index is 11.7. The fourth-order valence-corrected chi connectivity index (χ4v) is 3.53. The molecule has 1 N–H and O–H groups in total. The summed E-state index contributed by atoms with van der Waals surface area (Å²) in [5.74, 6) is -0.600. The van der Waals surface area contributed by atoms with E-state index in [0.29, 0.717) is 0 Å². The van der Waals surface area contributed by atoms with Crippen molar-refractivity contribution in [2.45, 2.75) is 45.4 Å². The summed E-state index contributed by atoms with van der Waals surface area (Å²) in [4.78, 5) is 14.0. The second-order valence-electron chi connectivity index (χ2n) is 6.30. The van der Waals surface area contributed by atoms with Crippen LogP contribution in [0.25, 0.3) is 0 Å². The number of hydrogen-bond donors (Lipinski definition) is 1. The highest BCUT2D eigenvalue weighted by molar-refractivity contribution is 5.75. The number of hydrogen-bond acceptors (Lipinski definition) is 2. The van der Waals surface area contributed by atoms with Crippen molar-refractivity contribution < 1.29 is 9.90 Å². The standard InChI is InChI=1S/C18H27NO2/c1-2-11-18(17(20)21)12-7-14-19(15-18)13-6-10-16-8-4-3-5-9-16/h3-5,8-9H,2,6-7,10-15H2,1H3,(H,20,21). The number of carboxylic acids is 1. The van der Waals surface area contributed by atoms with E-state index in [1.54, 1.807) is 0 Å². The number of likely N-dealkylation sites (tertiary alicyclic amines) is 1. The van der Waals surface area contributed by atoms with Gasteiger partial charge in [0.25, 0.3) is 0 Å². The Hall–Kier alpha value is -1.35. The van der Waals surface area contributed by atoms with Crippen LogP contribution in [0, 0.1) is 5.41 Å². The molecule has 1 aliphatic rings. The number of rotatable bonds is 7. The van der Waals surface area contributed by atoms with Gasteiger partial charge in [-0.3, -0.25) is 4.79 Å². The Labute approximate surface area is 128 Å². The molecule has 1 heterocycles. The molecule has 3 heteroatoms. The van der Waals surface area contributed by atoms with Crippen molar-refractivity contribution in [2.75, 3.05) is 19.6 Å². The van der Waals surface area contributed by atoms with Gasteiger partial charge < -0.3 is 10.0 Å². The first-order valence-corrected chi connectivity index (χ1v) is 8.16. The Morgan fingerprint density at radius 2 is 2.10 bits per heavy atom. The lowest BCUT2D eigenvalue weighted by molar-refractivity contribution is -0.153. The van der Waals surface area contributed by atoms with E-state index in [9.17, 15) is 9.90 Å². The van der Waals surface area contributed by atoms with E-state index in [1.165, 1.54) is 5.56 Å². The number of aryl methyl sites for hydroxylation is 1. The van der Waals surface area contributed by atoms with Crippen molar-refractivity contribution in [3.63, 3.8) is 0 Å². The lowest BCUT2D eigenvalue weighted by Crippen LogP contribution is -2.48. The summed E-state index contributed by atoms with van der Waals surface area (Å²) in [7, 11) is 0. The average molecular weight is 289 g/mol. The predicted molar refractivity (Wildman–Crippen MR) is 85.4 cm³/mol. The SMILES string of the molecule is CCCC1(C(=O)O)CCCN(CCCc2ccccc2)C1. The smallest absolute Gasteiger partial charge is 0.310 e. The molecule has 1 aromatic rings. The molecule has 1 aromatic carbocycles. The maximum atomic E-state index is 11.7. The van der Waals surface area contributed by atoms with Gasteiger partial charge in [-0.15, -0.1) is 0 Å². The van der Waals surface area contributed by atoms with Gasteiger partial charge in [0.2, 0.25) is 0 Å². The second-order valence-corrected chi connectivity index (χ2v) is 6.30. The molecule has 2 rings (SSSR count). The van der Waals surface area contributed by atoms with Crippen LogP contribution < -0.4 is 0 Å². The first kappa shape index (κ1) is 16.0. The molecule has 116 valence electrons. The van der Waals surface area contributed by atoms with Gasteiger partial charge in [0, 0.05) is 6.54 Å². The molecule has 0 saturated carbocycles. The lowest BCUT2D eigenvalue weighted by Gasteiger charge is -2.40. The number of aliphatic carboxylic acids is 1. The zero-order valence-electron chi connectivity index (χ0n) is 13.1. The molecule has 0 aromatic heterocycles. The summed E-state index contributed by atoms with van der Waals surface area (Å²) in [6.45, 7) is 4.87. The minimum Gasteiger partial charge on any atom is -0.481 e. The van der Waals surface area contributed by atoms with Gasteiger partial charge in [0.15, 0.2) is 0 Å². The molecule has 0 spiro atoms. The zero-order chi connectivity index (χ0) is 15.1. The van der Waals surface area contributed by atoms with E-state index in [0.717, 1.165) is 58.2 Å². The highest BCUT2D eigenvalue weighted by atomic mass is 16.4. The number of carbonyl (C=O) groups is 1. The van der Waals surface area contributed by atoms with Crippen LogP contribution in [0.2, 0.25) is 0 Å². The second kappa shape index (κ2) is 7.60. The van der Waals surface area contributed by atoms with E-state index < -0.39 is 11.4 Å². The highest BCUT2D eigenvalue weighted by Crippen LogP contribution is 2.35. The van der Waals surface area contributed by atoms with E-state index in [4.69, 9.17) is 0 Å². The van der Waals surface area contributed by atoms with E-state index in [1.807, 2.05) is 6.07 Å². The van der Waals surface area contributed by atoms with Crippen molar-refractivity contribution in [2.24, 2.45) is 5.41 Å². The van der Waals surface area contributed by atoms with Gasteiger partial charge >= 0.3 is 5.97 Å². The predicted octanol–water partition coefficient (Wildman–Crippen LogP) is 3.59. The van der Waals surface area contributed by atoms with E-state index in [-0.39, 0.29) is 0 Å². The Kier molecular flexibility index (Phi) is 5.80. The summed E-state index contributed by atoms with van der Waals surface area (Å²) in [6.07, 6.45) is 5.78. The van der Waals surface area contributed by atoms with Crippen LogP contribution in [0.1, 0.15) is 44.6 Å². The third kappa shape index (κ3) is 4.31. The fraction of sp³-hybridized carbons (Fsp3) is 0.611. The third-order valence-electron chi connectivity index (χ3n) is 4.62. The Morgan fingerprint density at radius 1 is 1.33 bits per heavy atom. The van der Waals surface area contributed by atoms with Crippen LogP contribution >= 0.6 is 0 Å². The molecule has 0 bridgehead atoms. The Morgan fingerprint density at radius 3 is 2.76 bits per heavy atom. The van der Waals surface area contributed by atoms with Gasteiger partial charge in [-0.05, 0) is 50.8 Å². The monoisotopic (exact) mass is 289 g/mol. The maximum Gasteiger partial charge on any atom is 0.310 e. The number of benzene rings is 1. The van der Waals surface area contributed by atoms with Crippen molar-refractivity contribution in [3.05, 3.63) is 35.9 Å². The van der Waals surface area contributed by atoms with Gasteiger partial charge in [-0.25, -0.2) is 0 Å². The molecule has 1 fully saturated rings. The molecular formula is C18H27NO2. The van der Waals surface area contributed by atoms with Crippen LogP contribution in [0.5, 0.6) is 0 Å². The van der Waals surface area contributed by atoms with Gasteiger partial charge in [-0.1, -0.05) is 43.7 Å². The topological polar surface area (TPSA) is 40.5 Å². The van der Waals surface area contributed by atoms with Crippen molar-refractivity contribution in [3.8, 4) is 0 Å². The molecule has 1 atom stereocenters. The quantitative estimate of drug-likeness (QED) is 0.834. The third-order valence-corrected chi connectivity index (χ3v) is 4.62. The molecule has 0 aliphatic carbocycles. The number of nitrogens with zero attached hydrogens (tertiary/aromatic N) is 1. The molecule has 1 aliphatic heterocycles. The number of piperidine rings is 1. The van der Waals surface area contributed by atoms with Crippen molar-refractivity contribution >= 4 is 5.97 Å². The van der Waals surface area contributed by atoms with Gasteiger partial charge in [-0.2, -0.15) is 0 Å². The van der Waals surface area contributed by atoms with E-state index in [2.05, 4.69) is 36.1 Å². The molecular weight excluding hydrogens is 262 g/mol. The van der Waals surface area contributed by atoms with Crippen molar-refractivity contribution in [1.82, 2.24) is 4.90 Å². The van der Waals surface area contributed by atoms with Gasteiger partial charge in [0.05, 0.1) is 5.41 Å². The minimum atomic E-state index is -0.600. The molecule has 1 saturated heterocycles. The summed E-state index contributed by atoms with van der Waals surface area (Å²) in [6, 6.07) is 10.5. The average Bonchev–Trinajstić information content (AvgIpc) is 2.49. The van der Waals surface area contributed by atoms with Crippen LogP contribution in [0.3, 0.4) is 0 Å². The summed E-state index contributed by atoms with van der Waals surface area (Å²) < 4.78 is 0. The highest BCUT2D eigenvalue weighted by Gasteiger charge is 2.41. The summed E-state index contributed by atoms with van der Waals surface area (Å²) in [5, 5.41) is 9.61. The van der Waals surface area contributed by atoms with Crippen LogP contribution in [0.4, 0.5) is 0 Å². The van der Waals surface area contributed by atoms with Crippen LogP contribution in [0.15, 0.2) is 30.3 Å². The fourth-order valence-electron chi connectivity index (χ4n) is 3.53. The summed E-state index contributed by atoms with van der Waals surface area (Å²) >= 11 is 0. The first-order chi connectivity index (χ1) is 10.2. The number of carboxylic acid groups (broad SMARTS) is 1. The first-order valence-electron chi connectivity index (χ1n) is 8.16. The van der Waals surface area contributed by atoms with E-state index >= 15 is 0 Å².